The van der Waals surface area contributed by atoms with E-state index in [0.29, 0.717) is 0 Å². The maximum atomic E-state index is 7.65. The van der Waals surface area contributed by atoms with Gasteiger partial charge in [-0.15, -0.1) is 0 Å². The fourth-order valence-corrected chi connectivity index (χ4v) is 0. The van der Waals surface area contributed by atoms with Crippen molar-refractivity contribution < 1.29 is 10.00 Å². The van der Waals surface area contributed by atoms with E-state index in [4.69, 9.17) is 10.00 Å². The standard InChI is InChI=1S/CH5O2P/c2-1-4-3/h2-4H,1H2. The van der Waals surface area contributed by atoms with Crippen molar-refractivity contribution in [2.24, 2.45) is 0 Å². The van der Waals surface area contributed by atoms with Crippen LogP contribution in [0.25, 0.3) is 0 Å². The molecule has 0 saturated carbocycles. The van der Waals surface area contributed by atoms with E-state index in [9.17, 15) is 0 Å². The topological polar surface area (TPSA) is 40.5 Å². The van der Waals surface area contributed by atoms with Gasteiger partial charge in [-0.2, -0.15) is 0 Å². The molecule has 0 aromatic rings. The van der Waals surface area contributed by atoms with Gasteiger partial charge in [0.25, 0.3) is 0 Å². The number of aliphatic hydroxyl groups excluding tert-OH is 1. The predicted octanol–water partition coefficient (Wildman–Crippen LogP) is -0.478. The first-order chi connectivity index (χ1) is 1.91. The molecule has 0 aromatic heterocycles. The zero-order valence-corrected chi connectivity index (χ0v) is 3.10. The van der Waals surface area contributed by atoms with Crippen molar-refractivity contribution in [2.75, 3.05) is 6.35 Å². The van der Waals surface area contributed by atoms with E-state index in [0.717, 1.165) is 0 Å². The van der Waals surface area contributed by atoms with Crippen molar-refractivity contribution in [3.8, 4) is 0 Å². The first-order valence-corrected chi connectivity index (χ1v) is 2.05. The van der Waals surface area contributed by atoms with Gasteiger partial charge in [0.15, 0.2) is 0 Å². The summed E-state index contributed by atoms with van der Waals surface area (Å²) in [6, 6.07) is 0. The molecule has 2 nitrogen and oxygen atoms in total. The monoisotopic (exact) mass is 80.0 g/mol. The summed E-state index contributed by atoms with van der Waals surface area (Å²) in [6.45, 7) is 0. The highest BCUT2D eigenvalue weighted by Crippen LogP contribution is 1.92. The largest absolute Gasteiger partial charge is 0.390 e. The van der Waals surface area contributed by atoms with Crippen molar-refractivity contribution >= 4 is 8.81 Å². The third kappa shape index (κ3) is 2.35. The fourth-order valence-electron chi connectivity index (χ4n) is 0. The molecule has 0 fully saturated rings. The van der Waals surface area contributed by atoms with Crippen molar-refractivity contribution in [1.29, 1.82) is 0 Å². The lowest BCUT2D eigenvalue weighted by atomic mass is 11.7. The second kappa shape index (κ2) is 3.35. The Morgan fingerprint density at radius 1 is 1.75 bits per heavy atom. The molecule has 0 aliphatic heterocycles. The lowest BCUT2D eigenvalue weighted by Crippen LogP contribution is -1.58. The van der Waals surface area contributed by atoms with E-state index < -0.39 is 0 Å². The molecular formula is CH5O2P. The Kier molecular flexibility index (Phi) is 3.64. The molecule has 0 aliphatic rings. The van der Waals surface area contributed by atoms with E-state index in [1.165, 1.54) is 0 Å². The van der Waals surface area contributed by atoms with Gasteiger partial charge in [-0.3, -0.25) is 0 Å². The molecule has 0 heterocycles. The van der Waals surface area contributed by atoms with Crippen LogP contribution in [-0.4, -0.2) is 16.3 Å². The highest BCUT2D eigenvalue weighted by Gasteiger charge is 1.57. The second-order valence-electron chi connectivity index (χ2n) is 0.316. The lowest BCUT2D eigenvalue weighted by molar-refractivity contribution is 0.362. The van der Waals surface area contributed by atoms with Crippen molar-refractivity contribution in [1.82, 2.24) is 0 Å². The van der Waals surface area contributed by atoms with Crippen LogP contribution in [0.3, 0.4) is 0 Å². The summed E-state index contributed by atoms with van der Waals surface area (Å²) >= 11 is 0. The summed E-state index contributed by atoms with van der Waals surface area (Å²) in [4.78, 5) is 7.65. The minimum absolute atomic E-state index is 0.0972. The SMILES string of the molecule is OCPO. The summed E-state index contributed by atoms with van der Waals surface area (Å²) in [5.41, 5.74) is 0. The average molecular weight is 80.0 g/mol. The van der Waals surface area contributed by atoms with Gasteiger partial charge in [0.1, 0.15) is 0 Å². The molecule has 3 heteroatoms. The van der Waals surface area contributed by atoms with Gasteiger partial charge in [0.2, 0.25) is 0 Å². The normalized spacial score (nSPS) is 10.5. The van der Waals surface area contributed by atoms with Gasteiger partial charge < -0.3 is 10.00 Å². The van der Waals surface area contributed by atoms with Crippen LogP contribution in [-0.2, 0) is 0 Å². The molecule has 26 valence electrons. The van der Waals surface area contributed by atoms with Crippen molar-refractivity contribution in [3.05, 3.63) is 0 Å². The van der Waals surface area contributed by atoms with Gasteiger partial charge >= 0.3 is 0 Å². The zero-order valence-electron chi connectivity index (χ0n) is 2.10. The fraction of sp³-hybridized carbons (Fsp3) is 1.00. The highest BCUT2D eigenvalue weighted by molar-refractivity contribution is 7.30. The number of hydrogen-bond donors (Lipinski definition) is 2. The van der Waals surface area contributed by atoms with Crippen LogP contribution in [0.2, 0.25) is 0 Å². The summed E-state index contributed by atoms with van der Waals surface area (Å²) in [6.07, 6.45) is -0.0972. The van der Waals surface area contributed by atoms with Crippen LogP contribution in [0, 0.1) is 0 Å². The van der Waals surface area contributed by atoms with Gasteiger partial charge in [0, 0.05) is 8.81 Å². The average Bonchev–Trinajstić information content (AvgIpc) is 1.37. The molecule has 2 N–H and O–H groups in total. The Morgan fingerprint density at radius 2 is 2.00 bits per heavy atom. The van der Waals surface area contributed by atoms with Crippen LogP contribution in [0.5, 0.6) is 0 Å². The second-order valence-corrected chi connectivity index (χ2v) is 0.949. The number of rotatable bonds is 1. The highest BCUT2D eigenvalue weighted by atomic mass is 31.1. The number of aliphatic hydroxyl groups is 1. The molecule has 1 atom stereocenters. The first kappa shape index (κ1) is 4.35. The maximum absolute atomic E-state index is 7.65. The van der Waals surface area contributed by atoms with Gasteiger partial charge in [-0.1, -0.05) is 0 Å². The lowest BCUT2D eigenvalue weighted by Gasteiger charge is -1.70. The quantitative estimate of drug-likeness (QED) is 0.418. The number of hydrogen-bond acceptors (Lipinski definition) is 2. The molecule has 0 radical (unpaired) electrons. The third-order valence-electron chi connectivity index (χ3n) is 0.0707. The Labute approximate surface area is 26.3 Å². The predicted molar refractivity (Wildman–Crippen MR) is 17.6 cm³/mol. The molecule has 1 unspecified atom stereocenters. The molecule has 0 aromatic carbocycles. The van der Waals surface area contributed by atoms with E-state index in [-0.39, 0.29) is 15.2 Å². The van der Waals surface area contributed by atoms with Gasteiger partial charge in [0.05, 0.1) is 6.35 Å². The smallest absolute Gasteiger partial charge is 0.0842 e. The first-order valence-electron chi connectivity index (χ1n) is 0.893. The Morgan fingerprint density at radius 3 is 2.00 bits per heavy atom. The third-order valence-corrected chi connectivity index (χ3v) is 0.212. The summed E-state index contributed by atoms with van der Waals surface area (Å²) in [5.74, 6) is 0. The van der Waals surface area contributed by atoms with E-state index in [1.54, 1.807) is 0 Å². The maximum Gasteiger partial charge on any atom is 0.0842 e. The molecule has 4 heavy (non-hydrogen) atoms. The molecular weight excluding hydrogens is 75.0 g/mol. The van der Waals surface area contributed by atoms with Crippen LogP contribution in [0.15, 0.2) is 0 Å². The van der Waals surface area contributed by atoms with Crippen molar-refractivity contribution in [2.45, 2.75) is 0 Å². The molecule has 0 amide bonds. The minimum atomic E-state index is -0.304. The van der Waals surface area contributed by atoms with Crippen LogP contribution in [0.4, 0.5) is 0 Å². The van der Waals surface area contributed by atoms with Crippen LogP contribution in [0.1, 0.15) is 0 Å². The van der Waals surface area contributed by atoms with Gasteiger partial charge in [-0.25, -0.2) is 0 Å². The van der Waals surface area contributed by atoms with Crippen molar-refractivity contribution in [3.63, 3.8) is 0 Å². The van der Waals surface area contributed by atoms with E-state index in [2.05, 4.69) is 0 Å². The summed E-state index contributed by atoms with van der Waals surface area (Å²) in [7, 11) is -0.304. The molecule has 0 aliphatic carbocycles. The Hall–Kier alpha value is 0.350. The van der Waals surface area contributed by atoms with Crippen LogP contribution < -0.4 is 0 Å². The van der Waals surface area contributed by atoms with E-state index in [1.807, 2.05) is 0 Å². The minimum Gasteiger partial charge on any atom is -0.390 e. The molecule has 0 saturated heterocycles. The van der Waals surface area contributed by atoms with Gasteiger partial charge in [-0.05, 0) is 0 Å². The Balaban J connectivity index is 1.97. The summed E-state index contributed by atoms with van der Waals surface area (Å²) < 4.78 is 0. The Bertz CT molecular complexity index is 8.00. The summed E-state index contributed by atoms with van der Waals surface area (Å²) in [5, 5.41) is 7.64. The molecule has 0 bridgehead atoms. The zero-order chi connectivity index (χ0) is 3.41. The van der Waals surface area contributed by atoms with Crippen LogP contribution >= 0.6 is 8.81 Å². The molecule has 0 spiro atoms. The molecule has 0 rings (SSSR count). The van der Waals surface area contributed by atoms with E-state index >= 15 is 0 Å².